The van der Waals surface area contributed by atoms with Crippen LogP contribution >= 0.6 is 23.4 Å². The second-order valence-corrected chi connectivity index (χ2v) is 9.13. The average Bonchev–Trinajstić information content (AvgIpc) is 3.21. The van der Waals surface area contributed by atoms with E-state index in [1.54, 1.807) is 6.08 Å². The van der Waals surface area contributed by atoms with Crippen LogP contribution in [0.25, 0.3) is 11.8 Å². The topological polar surface area (TPSA) is 73.8 Å². The van der Waals surface area contributed by atoms with E-state index < -0.39 is 5.91 Å². The molecule has 2 aliphatic rings. The number of nitrogens with zero attached hydrogens (tertiary/aromatic N) is 4. The molecule has 4 rings (SSSR count). The highest BCUT2D eigenvalue weighted by atomic mass is 35.5. The summed E-state index contributed by atoms with van der Waals surface area (Å²) in [7, 11) is 0. The molecule has 154 valence electrons. The van der Waals surface area contributed by atoms with Gasteiger partial charge in [0.05, 0.1) is 5.57 Å². The van der Waals surface area contributed by atoms with Crippen LogP contribution in [-0.2, 0) is 4.79 Å². The maximum Gasteiger partial charge on any atom is 0.283 e. The minimum absolute atomic E-state index is 0.0561. The van der Waals surface area contributed by atoms with Gasteiger partial charge in [-0.25, -0.2) is 0 Å². The van der Waals surface area contributed by atoms with E-state index in [9.17, 15) is 4.79 Å². The van der Waals surface area contributed by atoms with Gasteiger partial charge in [-0.15, -0.1) is 0 Å². The third-order valence-electron chi connectivity index (χ3n) is 5.13. The number of nitrogens with one attached hydrogen (secondary N) is 1. The Morgan fingerprint density at radius 2 is 1.93 bits per heavy atom. The Morgan fingerprint density at radius 3 is 2.60 bits per heavy atom. The molecular formula is C22H22ClN5OS. The second-order valence-electron chi connectivity index (χ2n) is 7.71. The minimum Gasteiger partial charge on any atom is -0.318 e. The van der Waals surface area contributed by atoms with Gasteiger partial charge in [0.2, 0.25) is 5.17 Å². The Hall–Kier alpha value is -2.64. The molecule has 2 aliphatic heterocycles. The van der Waals surface area contributed by atoms with Crippen molar-refractivity contribution in [2.24, 2.45) is 16.0 Å². The molecular weight excluding hydrogens is 418 g/mol. The van der Waals surface area contributed by atoms with Crippen molar-refractivity contribution in [3.05, 3.63) is 57.4 Å². The Kier molecular flexibility index (Phi) is 5.20. The Balaban J connectivity index is 1.76. The number of halogens is 1. The first-order chi connectivity index (χ1) is 14.2. The van der Waals surface area contributed by atoms with Gasteiger partial charge >= 0.3 is 0 Å². The number of hydrogen-bond donors (Lipinski definition) is 1. The predicted molar refractivity (Wildman–Crippen MR) is 125 cm³/mol. The molecule has 2 aromatic rings. The van der Waals surface area contributed by atoms with E-state index in [1.165, 1.54) is 16.8 Å². The van der Waals surface area contributed by atoms with E-state index in [1.807, 2.05) is 58.9 Å². The molecule has 0 spiro atoms. The monoisotopic (exact) mass is 439 g/mol. The number of amides is 1. The standard InChI is InChI=1S/C22H22ClN5OS/c1-11(2)21-26-28-19(24)17(20(29)25-22(28)30-21)10-15-9-13(4)27(14(15)5)18-7-6-16(23)8-12(18)3/h6-11,24H,1-5H3/b17-10+,24-19?. The summed E-state index contributed by atoms with van der Waals surface area (Å²) in [5.41, 5.74) is 5.20. The van der Waals surface area contributed by atoms with E-state index in [4.69, 9.17) is 17.0 Å². The van der Waals surface area contributed by atoms with Crippen LogP contribution in [0.3, 0.4) is 0 Å². The number of hydrogen-bond acceptors (Lipinski definition) is 4. The van der Waals surface area contributed by atoms with E-state index in [0.717, 1.165) is 33.2 Å². The summed E-state index contributed by atoms with van der Waals surface area (Å²) < 4.78 is 2.13. The zero-order chi connectivity index (χ0) is 21.7. The van der Waals surface area contributed by atoms with Crippen LogP contribution < -0.4 is 0 Å². The van der Waals surface area contributed by atoms with Gasteiger partial charge in [-0.05, 0) is 74.0 Å². The van der Waals surface area contributed by atoms with E-state index >= 15 is 0 Å². The number of aromatic nitrogens is 1. The largest absolute Gasteiger partial charge is 0.318 e. The number of amidine groups is 2. The summed E-state index contributed by atoms with van der Waals surface area (Å²) in [5.74, 6) is -0.146. The van der Waals surface area contributed by atoms with Gasteiger partial charge in [-0.1, -0.05) is 25.4 Å². The van der Waals surface area contributed by atoms with Crippen molar-refractivity contribution in [1.29, 1.82) is 5.41 Å². The molecule has 3 heterocycles. The number of aryl methyl sites for hydroxylation is 2. The normalized spacial score (nSPS) is 17.7. The quantitative estimate of drug-likeness (QED) is 0.656. The van der Waals surface area contributed by atoms with Gasteiger partial charge in [0.15, 0.2) is 5.84 Å². The fraction of sp³-hybridized carbons (Fsp3) is 0.273. The Labute approximate surface area is 184 Å². The van der Waals surface area contributed by atoms with Crippen molar-refractivity contribution in [3.8, 4) is 5.69 Å². The number of hydrazone groups is 1. The molecule has 0 unspecified atom stereocenters. The number of benzene rings is 1. The van der Waals surface area contributed by atoms with E-state index in [2.05, 4.69) is 14.7 Å². The van der Waals surface area contributed by atoms with Gasteiger partial charge in [-0.2, -0.15) is 15.1 Å². The lowest BCUT2D eigenvalue weighted by Gasteiger charge is -2.20. The maximum atomic E-state index is 12.7. The van der Waals surface area contributed by atoms with Gasteiger partial charge in [-0.3, -0.25) is 10.2 Å². The first-order valence-electron chi connectivity index (χ1n) is 9.63. The van der Waals surface area contributed by atoms with E-state index in [0.29, 0.717) is 10.2 Å². The van der Waals surface area contributed by atoms with Crippen molar-refractivity contribution in [3.63, 3.8) is 0 Å². The highest BCUT2D eigenvalue weighted by molar-refractivity contribution is 8.27. The van der Waals surface area contributed by atoms with Crippen molar-refractivity contribution in [1.82, 2.24) is 9.58 Å². The molecule has 0 saturated heterocycles. The third kappa shape index (κ3) is 3.42. The minimum atomic E-state index is -0.411. The summed E-state index contributed by atoms with van der Waals surface area (Å²) in [6, 6.07) is 7.80. The van der Waals surface area contributed by atoms with Crippen LogP contribution in [0.4, 0.5) is 0 Å². The highest BCUT2D eigenvalue weighted by Crippen LogP contribution is 2.32. The molecule has 0 bridgehead atoms. The van der Waals surface area contributed by atoms with Gasteiger partial charge in [0.1, 0.15) is 5.04 Å². The van der Waals surface area contributed by atoms with Crippen molar-refractivity contribution in [2.75, 3.05) is 0 Å². The molecule has 1 aromatic carbocycles. The lowest BCUT2D eigenvalue weighted by atomic mass is 10.1. The van der Waals surface area contributed by atoms with Crippen LogP contribution in [0.2, 0.25) is 5.02 Å². The van der Waals surface area contributed by atoms with Crippen LogP contribution in [0.15, 0.2) is 39.9 Å². The average molecular weight is 440 g/mol. The zero-order valence-electron chi connectivity index (χ0n) is 17.4. The van der Waals surface area contributed by atoms with E-state index in [-0.39, 0.29) is 17.3 Å². The second kappa shape index (κ2) is 7.56. The van der Waals surface area contributed by atoms with Crippen LogP contribution in [-0.4, -0.2) is 31.5 Å². The van der Waals surface area contributed by atoms with Crippen LogP contribution in [0.5, 0.6) is 0 Å². The highest BCUT2D eigenvalue weighted by Gasteiger charge is 2.36. The lowest BCUT2D eigenvalue weighted by Crippen LogP contribution is -2.35. The maximum absolute atomic E-state index is 12.7. The van der Waals surface area contributed by atoms with Crippen LogP contribution in [0.1, 0.15) is 36.4 Å². The molecule has 6 nitrogen and oxygen atoms in total. The summed E-state index contributed by atoms with van der Waals surface area (Å²) in [5, 5.41) is 16.5. The zero-order valence-corrected chi connectivity index (χ0v) is 19.0. The third-order valence-corrected chi connectivity index (χ3v) is 6.58. The van der Waals surface area contributed by atoms with Gasteiger partial charge in [0, 0.05) is 28.0 Å². The number of carbonyl (C=O) groups excluding carboxylic acids is 1. The summed E-state index contributed by atoms with van der Waals surface area (Å²) in [6.07, 6.45) is 1.74. The first-order valence-corrected chi connectivity index (χ1v) is 10.8. The molecule has 0 aliphatic carbocycles. The number of carbonyl (C=O) groups is 1. The molecule has 1 aromatic heterocycles. The molecule has 0 saturated carbocycles. The summed E-state index contributed by atoms with van der Waals surface area (Å²) >= 11 is 7.47. The van der Waals surface area contributed by atoms with Crippen molar-refractivity contribution < 1.29 is 4.79 Å². The molecule has 1 N–H and O–H groups in total. The fourth-order valence-corrected chi connectivity index (χ4v) is 4.69. The van der Waals surface area contributed by atoms with Crippen LogP contribution in [0, 0.1) is 32.1 Å². The van der Waals surface area contributed by atoms with Crippen molar-refractivity contribution in [2.45, 2.75) is 34.6 Å². The lowest BCUT2D eigenvalue weighted by molar-refractivity contribution is -0.114. The smallest absolute Gasteiger partial charge is 0.283 e. The number of rotatable bonds is 3. The predicted octanol–water partition coefficient (Wildman–Crippen LogP) is 5.33. The fourth-order valence-electron chi connectivity index (χ4n) is 3.57. The van der Waals surface area contributed by atoms with Gasteiger partial charge in [0.25, 0.3) is 5.91 Å². The molecule has 0 fully saturated rings. The first kappa shape index (κ1) is 20.6. The number of aliphatic imine (C=N–C) groups is 1. The summed E-state index contributed by atoms with van der Waals surface area (Å²) in [4.78, 5) is 16.9. The number of fused-ring (bicyclic) bond motifs is 1. The molecule has 8 heteroatoms. The Morgan fingerprint density at radius 1 is 1.20 bits per heavy atom. The molecule has 0 atom stereocenters. The molecule has 0 radical (unpaired) electrons. The molecule has 30 heavy (non-hydrogen) atoms. The molecule has 1 amide bonds. The Bertz CT molecular complexity index is 1190. The number of thioether (sulfide) groups is 1. The summed E-state index contributed by atoms with van der Waals surface area (Å²) in [6.45, 7) is 10.1. The van der Waals surface area contributed by atoms with Gasteiger partial charge < -0.3 is 4.57 Å². The SMILES string of the molecule is Cc1cc(Cl)ccc1-n1c(C)cc(/C=C2\C(=N)N3N=C(C(C)C)SC3=NC2=O)c1C. The van der Waals surface area contributed by atoms with Crippen molar-refractivity contribution >= 4 is 51.4 Å².